The Morgan fingerprint density at radius 2 is 2.00 bits per heavy atom. The molecule has 1 aliphatic rings. The summed E-state index contributed by atoms with van der Waals surface area (Å²) >= 11 is -1.20. The monoisotopic (exact) mass is 374 g/mol. The molecule has 3 heterocycles. The van der Waals surface area contributed by atoms with Gasteiger partial charge in [0.15, 0.2) is 0 Å². The van der Waals surface area contributed by atoms with Crippen molar-refractivity contribution >= 4 is 22.1 Å². The first-order valence-electron chi connectivity index (χ1n) is 8.72. The second-order valence-electron chi connectivity index (χ2n) is 6.63. The van der Waals surface area contributed by atoms with Crippen LogP contribution in [0.25, 0.3) is 28.1 Å². The Morgan fingerprint density at radius 1 is 1.19 bits per heavy atom. The maximum Gasteiger partial charge on any atom is 0.271 e. The molecule has 1 unspecified atom stereocenters. The molecular formula is C20H16N5OS. The molecule has 0 amide bonds. The van der Waals surface area contributed by atoms with Crippen molar-refractivity contribution in [2.24, 2.45) is 0 Å². The predicted molar refractivity (Wildman–Crippen MR) is 103 cm³/mol. The quantitative estimate of drug-likeness (QED) is 0.512. The van der Waals surface area contributed by atoms with Gasteiger partial charge in [-0.15, -0.1) is 5.10 Å². The molecule has 0 N–H and O–H groups in total. The van der Waals surface area contributed by atoms with Crippen LogP contribution in [0.4, 0.5) is 0 Å². The van der Waals surface area contributed by atoms with Gasteiger partial charge in [-0.2, -0.15) is 4.68 Å². The zero-order chi connectivity index (χ0) is 18.4. The van der Waals surface area contributed by atoms with E-state index in [1.807, 2.05) is 12.3 Å². The van der Waals surface area contributed by atoms with Crippen molar-refractivity contribution in [2.75, 3.05) is 6.26 Å². The number of pyridine rings is 1. The van der Waals surface area contributed by atoms with E-state index in [9.17, 15) is 4.55 Å². The van der Waals surface area contributed by atoms with E-state index in [1.165, 1.54) is 18.4 Å². The first kappa shape index (κ1) is 16.4. The minimum absolute atomic E-state index is 0.429. The zero-order valence-corrected chi connectivity index (χ0v) is 15.5. The summed E-state index contributed by atoms with van der Waals surface area (Å²) < 4.78 is 13.6. The smallest absolute Gasteiger partial charge is 0.271 e. The Labute approximate surface area is 159 Å². The van der Waals surface area contributed by atoms with E-state index in [1.54, 1.807) is 35.5 Å². The van der Waals surface area contributed by atoms with Crippen LogP contribution < -0.4 is 0 Å². The highest BCUT2D eigenvalue weighted by molar-refractivity contribution is 7.90. The van der Waals surface area contributed by atoms with Crippen molar-refractivity contribution in [3.05, 3.63) is 60.6 Å². The maximum atomic E-state index is 12.0. The second kappa shape index (κ2) is 6.44. The molecule has 6 nitrogen and oxygen atoms in total. The first-order valence-corrected chi connectivity index (χ1v) is 10.3. The van der Waals surface area contributed by atoms with Gasteiger partial charge in [-0.1, -0.05) is 6.07 Å². The number of fused-ring (bicyclic) bond motifs is 1. The maximum absolute atomic E-state index is 12.0. The molecule has 4 aromatic rings. The lowest BCUT2D eigenvalue weighted by Crippen LogP contribution is -2.05. The first-order chi connectivity index (χ1) is 13.2. The number of hydrogen-bond donors (Lipinski definition) is 0. The van der Waals surface area contributed by atoms with Gasteiger partial charge in [0.2, 0.25) is 0 Å². The fourth-order valence-corrected chi connectivity index (χ4v) is 3.86. The zero-order valence-electron chi connectivity index (χ0n) is 14.7. The van der Waals surface area contributed by atoms with Crippen LogP contribution in [0.3, 0.4) is 0 Å². The van der Waals surface area contributed by atoms with Crippen molar-refractivity contribution in [2.45, 2.75) is 23.8 Å². The van der Waals surface area contributed by atoms with E-state index in [-0.39, 0.29) is 0 Å². The van der Waals surface area contributed by atoms with E-state index < -0.39 is 11.2 Å². The molecular weight excluding hydrogens is 358 g/mol. The molecule has 0 spiro atoms. The van der Waals surface area contributed by atoms with Gasteiger partial charge in [-0.25, -0.2) is 9.97 Å². The summed E-state index contributed by atoms with van der Waals surface area (Å²) in [4.78, 5) is 13.4. The molecule has 0 bridgehead atoms. The lowest BCUT2D eigenvalue weighted by atomic mass is 10.1. The van der Waals surface area contributed by atoms with Crippen LogP contribution in [-0.4, -0.2) is 35.5 Å². The second-order valence-corrected chi connectivity index (χ2v) is 7.93. The number of hydrogen-bond acceptors (Lipinski definition) is 5. The summed E-state index contributed by atoms with van der Waals surface area (Å²) in [5, 5.41) is 5.80. The lowest BCUT2D eigenvalue weighted by Gasteiger charge is -2.05. The molecule has 1 radical (unpaired) electrons. The molecule has 0 saturated heterocycles. The average molecular weight is 374 g/mol. The predicted octanol–water partition coefficient (Wildman–Crippen LogP) is 3.29. The van der Waals surface area contributed by atoms with Crippen LogP contribution in [-0.2, 0) is 11.2 Å². The van der Waals surface area contributed by atoms with Crippen LogP contribution >= 0.6 is 0 Å². The van der Waals surface area contributed by atoms with E-state index >= 15 is 0 Å². The highest BCUT2D eigenvalue weighted by Gasteiger charge is 2.24. The highest BCUT2D eigenvalue weighted by Crippen LogP contribution is 2.40. The lowest BCUT2D eigenvalue weighted by molar-refractivity contribution is 0.595. The number of nitrogens with zero attached hydrogens (tertiary/aromatic N) is 5. The summed E-state index contributed by atoms with van der Waals surface area (Å²) in [7, 11) is 0. The van der Waals surface area contributed by atoms with Gasteiger partial charge < -0.3 is 4.55 Å². The summed E-state index contributed by atoms with van der Waals surface area (Å²) in [6, 6.07) is 12.7. The SMILES string of the molecule is C[S+]([O-])c1nn(-c2ncc(-c3cc(C4CC4)ccn3)cn2)c2c[c]ccc12. The molecule has 3 aromatic heterocycles. The number of benzene rings is 1. The molecule has 5 rings (SSSR count). The third-order valence-corrected chi connectivity index (χ3v) is 5.57. The molecule has 7 heteroatoms. The normalized spacial score (nSPS) is 15.2. The fourth-order valence-electron chi connectivity index (χ4n) is 3.18. The molecule has 27 heavy (non-hydrogen) atoms. The minimum atomic E-state index is -1.20. The standard InChI is InChI=1S/C20H16N5OS/c1-27(26)19-16-4-2-3-5-18(16)25(24-19)20-22-11-15(12-23-20)17-10-14(8-9-21-17)13-6-7-13/h2,4-5,8-13H,6-7H2,1H3. The van der Waals surface area contributed by atoms with Crippen molar-refractivity contribution in [1.29, 1.82) is 0 Å². The van der Waals surface area contributed by atoms with E-state index in [2.05, 4.69) is 38.2 Å². The van der Waals surface area contributed by atoms with Gasteiger partial charge in [-0.3, -0.25) is 4.98 Å². The number of aromatic nitrogens is 5. The van der Waals surface area contributed by atoms with Crippen LogP contribution in [0.5, 0.6) is 0 Å². The van der Waals surface area contributed by atoms with Crippen molar-refractivity contribution < 1.29 is 4.55 Å². The Morgan fingerprint density at radius 3 is 2.74 bits per heavy atom. The Hall–Kier alpha value is -2.77. The summed E-state index contributed by atoms with van der Waals surface area (Å²) in [5.41, 5.74) is 3.85. The molecule has 133 valence electrons. The van der Waals surface area contributed by atoms with Crippen LogP contribution in [0.15, 0.2) is 53.9 Å². The topological polar surface area (TPSA) is 79.5 Å². The minimum Gasteiger partial charge on any atom is -0.610 e. The van der Waals surface area contributed by atoms with Gasteiger partial charge in [0.1, 0.15) is 6.26 Å². The van der Waals surface area contributed by atoms with Crippen LogP contribution in [0.1, 0.15) is 24.3 Å². The highest BCUT2D eigenvalue weighted by atomic mass is 32.2. The van der Waals surface area contributed by atoms with E-state index in [4.69, 9.17) is 0 Å². The molecule has 1 saturated carbocycles. The van der Waals surface area contributed by atoms with E-state index in [0.717, 1.165) is 22.2 Å². The Kier molecular flexibility index (Phi) is 3.91. The van der Waals surface area contributed by atoms with Gasteiger partial charge in [0, 0.05) is 35.3 Å². The van der Waals surface area contributed by atoms with Gasteiger partial charge in [-0.05, 0) is 54.7 Å². The average Bonchev–Trinajstić information content (AvgIpc) is 3.48. The summed E-state index contributed by atoms with van der Waals surface area (Å²) in [6.07, 6.45) is 9.48. The molecule has 1 fully saturated rings. The van der Waals surface area contributed by atoms with Crippen molar-refractivity contribution in [3.8, 4) is 17.2 Å². The summed E-state index contributed by atoms with van der Waals surface area (Å²) in [5.74, 6) is 1.10. The molecule has 1 aliphatic carbocycles. The largest absolute Gasteiger partial charge is 0.610 e. The Balaban J connectivity index is 1.54. The van der Waals surface area contributed by atoms with Crippen LogP contribution in [0.2, 0.25) is 0 Å². The van der Waals surface area contributed by atoms with E-state index in [0.29, 0.717) is 16.9 Å². The summed E-state index contributed by atoms with van der Waals surface area (Å²) in [6.45, 7) is 0. The Bertz CT molecular complexity index is 1120. The van der Waals surface area contributed by atoms with Crippen LogP contribution in [0, 0.1) is 6.07 Å². The molecule has 1 atom stereocenters. The fraction of sp³-hybridized carbons (Fsp3) is 0.200. The molecule has 1 aromatic carbocycles. The number of rotatable bonds is 4. The molecule has 0 aliphatic heterocycles. The third kappa shape index (κ3) is 2.98. The van der Waals surface area contributed by atoms with Crippen molar-refractivity contribution in [1.82, 2.24) is 24.7 Å². The van der Waals surface area contributed by atoms with Gasteiger partial charge >= 0.3 is 0 Å². The van der Waals surface area contributed by atoms with Crippen molar-refractivity contribution in [3.63, 3.8) is 0 Å². The van der Waals surface area contributed by atoms with Gasteiger partial charge in [0.25, 0.3) is 11.0 Å². The van der Waals surface area contributed by atoms with Gasteiger partial charge in [0.05, 0.1) is 16.6 Å². The third-order valence-electron chi connectivity index (χ3n) is 4.72.